The third-order valence-corrected chi connectivity index (χ3v) is 3.12. The quantitative estimate of drug-likeness (QED) is 0.768. The van der Waals surface area contributed by atoms with Gasteiger partial charge >= 0.3 is 0 Å². The van der Waals surface area contributed by atoms with Crippen LogP contribution in [0.15, 0.2) is 36.7 Å². The largest absolute Gasteiger partial charge is 0.385 e. The molecule has 0 bridgehead atoms. The van der Waals surface area contributed by atoms with E-state index in [9.17, 15) is 4.79 Å². The maximum Gasteiger partial charge on any atom is 0.258 e. The van der Waals surface area contributed by atoms with E-state index in [1.807, 2.05) is 31.2 Å². The minimum absolute atomic E-state index is 0.222. The molecule has 0 aliphatic rings. The lowest BCUT2D eigenvalue weighted by Crippen LogP contribution is -2.14. The van der Waals surface area contributed by atoms with E-state index in [1.54, 1.807) is 7.11 Å². The van der Waals surface area contributed by atoms with Gasteiger partial charge in [-0.1, -0.05) is 18.2 Å². The van der Waals surface area contributed by atoms with Crippen LogP contribution in [0.3, 0.4) is 0 Å². The summed E-state index contributed by atoms with van der Waals surface area (Å²) in [5, 5.41) is 5.92. The standard InChI is InChI=1S/C16H20N4O2/c1-12-6-3-4-7-14(12)20-15(21)13-10-18-16(19-11-13)17-8-5-9-22-2/h3-4,6-7,10-11H,5,8-9H2,1-2H3,(H,20,21)(H,17,18,19). The fourth-order valence-electron chi connectivity index (χ4n) is 1.86. The van der Waals surface area contributed by atoms with Crippen molar-refractivity contribution in [3.63, 3.8) is 0 Å². The zero-order chi connectivity index (χ0) is 15.8. The molecule has 1 amide bonds. The van der Waals surface area contributed by atoms with Crippen LogP contribution >= 0.6 is 0 Å². The van der Waals surface area contributed by atoms with E-state index >= 15 is 0 Å². The van der Waals surface area contributed by atoms with Crippen molar-refractivity contribution in [3.05, 3.63) is 47.8 Å². The minimum atomic E-state index is -0.222. The SMILES string of the molecule is COCCCNc1ncc(C(=O)Nc2ccccc2C)cn1. The number of nitrogens with one attached hydrogen (secondary N) is 2. The first-order chi connectivity index (χ1) is 10.7. The van der Waals surface area contributed by atoms with Gasteiger partial charge in [0.25, 0.3) is 5.91 Å². The molecule has 116 valence electrons. The predicted molar refractivity (Wildman–Crippen MR) is 86.1 cm³/mol. The molecule has 0 saturated heterocycles. The van der Waals surface area contributed by atoms with Crippen molar-refractivity contribution in [3.8, 4) is 0 Å². The van der Waals surface area contributed by atoms with Crippen LogP contribution in [0.2, 0.25) is 0 Å². The Morgan fingerprint density at radius 1 is 1.23 bits per heavy atom. The number of hydrogen-bond acceptors (Lipinski definition) is 5. The summed E-state index contributed by atoms with van der Waals surface area (Å²) >= 11 is 0. The van der Waals surface area contributed by atoms with Crippen LogP contribution in [0, 0.1) is 6.92 Å². The first-order valence-corrected chi connectivity index (χ1v) is 7.12. The molecule has 0 atom stereocenters. The summed E-state index contributed by atoms with van der Waals surface area (Å²) in [6.45, 7) is 3.35. The zero-order valence-corrected chi connectivity index (χ0v) is 12.8. The topological polar surface area (TPSA) is 76.1 Å². The third kappa shape index (κ3) is 4.53. The number of carbonyl (C=O) groups is 1. The predicted octanol–water partition coefficient (Wildman–Crippen LogP) is 2.49. The van der Waals surface area contributed by atoms with Gasteiger partial charge in [0.1, 0.15) is 0 Å². The molecule has 0 aliphatic heterocycles. The van der Waals surface area contributed by atoms with E-state index in [4.69, 9.17) is 4.74 Å². The second-order valence-corrected chi connectivity index (χ2v) is 4.84. The van der Waals surface area contributed by atoms with E-state index in [2.05, 4.69) is 20.6 Å². The number of anilines is 2. The molecule has 0 saturated carbocycles. The van der Waals surface area contributed by atoms with E-state index < -0.39 is 0 Å². The molecule has 0 radical (unpaired) electrons. The molecule has 22 heavy (non-hydrogen) atoms. The van der Waals surface area contributed by atoms with Crippen LogP contribution < -0.4 is 10.6 Å². The van der Waals surface area contributed by atoms with Crippen molar-refractivity contribution in [2.75, 3.05) is 30.9 Å². The van der Waals surface area contributed by atoms with Crippen LogP contribution in [0.5, 0.6) is 0 Å². The Bertz CT molecular complexity index is 614. The summed E-state index contributed by atoms with van der Waals surface area (Å²) in [6, 6.07) is 7.61. The number of ether oxygens (including phenoxy) is 1. The van der Waals surface area contributed by atoms with E-state index in [0.29, 0.717) is 18.1 Å². The lowest BCUT2D eigenvalue weighted by atomic mass is 10.2. The smallest absolute Gasteiger partial charge is 0.258 e. The molecular formula is C16H20N4O2. The van der Waals surface area contributed by atoms with Gasteiger partial charge in [-0.25, -0.2) is 9.97 Å². The number of aromatic nitrogens is 2. The second-order valence-electron chi connectivity index (χ2n) is 4.84. The molecule has 0 fully saturated rings. The average molecular weight is 300 g/mol. The number of aryl methyl sites for hydroxylation is 1. The summed E-state index contributed by atoms with van der Waals surface area (Å²) in [7, 11) is 1.67. The summed E-state index contributed by atoms with van der Waals surface area (Å²) < 4.78 is 4.96. The highest BCUT2D eigenvalue weighted by Crippen LogP contribution is 2.14. The second kappa shape index (κ2) is 8.09. The molecule has 2 aromatic rings. The Kier molecular flexibility index (Phi) is 5.85. The Labute approximate surface area is 129 Å². The summed E-state index contributed by atoms with van der Waals surface area (Å²) in [4.78, 5) is 20.4. The Morgan fingerprint density at radius 3 is 2.64 bits per heavy atom. The third-order valence-electron chi connectivity index (χ3n) is 3.12. The molecule has 1 heterocycles. The number of hydrogen-bond donors (Lipinski definition) is 2. The fraction of sp³-hybridized carbons (Fsp3) is 0.312. The van der Waals surface area contributed by atoms with Crippen molar-refractivity contribution in [1.82, 2.24) is 9.97 Å². The number of methoxy groups -OCH3 is 1. The zero-order valence-electron chi connectivity index (χ0n) is 12.8. The Morgan fingerprint density at radius 2 is 1.95 bits per heavy atom. The summed E-state index contributed by atoms with van der Waals surface area (Å²) in [6.07, 6.45) is 3.90. The number of nitrogens with zero attached hydrogens (tertiary/aromatic N) is 2. The lowest BCUT2D eigenvalue weighted by Gasteiger charge is -2.08. The van der Waals surface area contributed by atoms with Crippen LogP contribution in [0.1, 0.15) is 22.3 Å². The minimum Gasteiger partial charge on any atom is -0.385 e. The van der Waals surface area contributed by atoms with Crippen molar-refractivity contribution in [1.29, 1.82) is 0 Å². The fourth-order valence-corrected chi connectivity index (χ4v) is 1.86. The maximum absolute atomic E-state index is 12.1. The van der Waals surface area contributed by atoms with Crippen LogP contribution in [0.25, 0.3) is 0 Å². The van der Waals surface area contributed by atoms with Crippen molar-refractivity contribution in [2.45, 2.75) is 13.3 Å². The number of benzene rings is 1. The van der Waals surface area contributed by atoms with Gasteiger partial charge in [-0.05, 0) is 25.0 Å². The molecule has 2 N–H and O–H groups in total. The van der Waals surface area contributed by atoms with Crippen LogP contribution in [0.4, 0.5) is 11.6 Å². The van der Waals surface area contributed by atoms with Gasteiger partial charge < -0.3 is 15.4 Å². The van der Waals surface area contributed by atoms with Gasteiger partial charge in [0.2, 0.25) is 5.95 Å². The van der Waals surface area contributed by atoms with Gasteiger partial charge in [-0.3, -0.25) is 4.79 Å². The summed E-state index contributed by atoms with van der Waals surface area (Å²) in [5.41, 5.74) is 2.22. The number of carbonyl (C=O) groups excluding carboxylic acids is 1. The van der Waals surface area contributed by atoms with Gasteiger partial charge in [0, 0.05) is 38.3 Å². The van der Waals surface area contributed by atoms with Crippen LogP contribution in [-0.2, 0) is 4.74 Å². The molecular weight excluding hydrogens is 280 g/mol. The van der Waals surface area contributed by atoms with Gasteiger partial charge in [-0.2, -0.15) is 0 Å². The molecule has 0 spiro atoms. The number of para-hydroxylation sites is 1. The van der Waals surface area contributed by atoms with E-state index in [0.717, 1.165) is 24.2 Å². The monoisotopic (exact) mass is 300 g/mol. The first-order valence-electron chi connectivity index (χ1n) is 7.12. The van der Waals surface area contributed by atoms with Crippen molar-refractivity contribution in [2.24, 2.45) is 0 Å². The molecule has 0 unspecified atom stereocenters. The molecule has 1 aromatic heterocycles. The van der Waals surface area contributed by atoms with Crippen molar-refractivity contribution >= 4 is 17.5 Å². The molecule has 2 rings (SSSR count). The average Bonchev–Trinajstić information content (AvgIpc) is 2.54. The van der Waals surface area contributed by atoms with Gasteiger partial charge in [0.15, 0.2) is 0 Å². The highest BCUT2D eigenvalue weighted by Gasteiger charge is 2.08. The molecule has 6 heteroatoms. The highest BCUT2D eigenvalue weighted by molar-refractivity contribution is 6.04. The molecule has 6 nitrogen and oxygen atoms in total. The maximum atomic E-state index is 12.1. The Balaban J connectivity index is 1.92. The summed E-state index contributed by atoms with van der Waals surface area (Å²) in [5.74, 6) is 0.281. The highest BCUT2D eigenvalue weighted by atomic mass is 16.5. The normalized spacial score (nSPS) is 10.3. The molecule has 1 aromatic carbocycles. The number of rotatable bonds is 7. The lowest BCUT2D eigenvalue weighted by molar-refractivity contribution is 0.102. The van der Waals surface area contributed by atoms with Crippen LogP contribution in [-0.4, -0.2) is 36.1 Å². The van der Waals surface area contributed by atoms with Crippen molar-refractivity contribution < 1.29 is 9.53 Å². The number of amides is 1. The van der Waals surface area contributed by atoms with E-state index in [1.165, 1.54) is 12.4 Å². The molecule has 0 aliphatic carbocycles. The van der Waals surface area contributed by atoms with Gasteiger partial charge in [0.05, 0.1) is 5.56 Å². The van der Waals surface area contributed by atoms with E-state index in [-0.39, 0.29) is 5.91 Å². The first kappa shape index (κ1) is 15.9. The van der Waals surface area contributed by atoms with Gasteiger partial charge in [-0.15, -0.1) is 0 Å². The Hall–Kier alpha value is -2.47.